The van der Waals surface area contributed by atoms with E-state index in [-0.39, 0.29) is 10.8 Å². The van der Waals surface area contributed by atoms with E-state index in [9.17, 15) is 0 Å². The van der Waals surface area contributed by atoms with Crippen LogP contribution in [-0.4, -0.2) is 0 Å². The molecule has 9 aromatic carbocycles. The summed E-state index contributed by atoms with van der Waals surface area (Å²) in [4.78, 5) is 2.53. The molecule has 0 atom stereocenters. The Bertz CT molecular complexity index is 2890. The van der Waals surface area contributed by atoms with Crippen molar-refractivity contribution in [1.29, 1.82) is 0 Å². The molecule has 0 unspecified atom stereocenters. The van der Waals surface area contributed by atoms with Gasteiger partial charge in [0, 0.05) is 16.5 Å². The summed E-state index contributed by atoms with van der Waals surface area (Å²) in [6, 6.07) is 65.4. The van der Waals surface area contributed by atoms with Crippen LogP contribution in [-0.2, 0) is 10.8 Å². The molecule has 0 spiro atoms. The molecule has 266 valence electrons. The minimum Gasteiger partial charge on any atom is -0.309 e. The molecule has 0 saturated heterocycles. The monoisotopic (exact) mass is 707 g/mol. The van der Waals surface area contributed by atoms with E-state index in [0.717, 1.165) is 17.1 Å². The number of rotatable bonds is 5. The minimum absolute atomic E-state index is 0.145. The van der Waals surface area contributed by atoms with Crippen LogP contribution in [0.25, 0.3) is 65.3 Å². The number of benzene rings is 9. The van der Waals surface area contributed by atoms with Gasteiger partial charge in [-0.3, -0.25) is 0 Å². The summed E-state index contributed by atoms with van der Waals surface area (Å²) in [5.74, 6) is 0. The fourth-order valence-electron chi connectivity index (χ4n) is 9.43. The summed E-state index contributed by atoms with van der Waals surface area (Å²) >= 11 is 0. The normalized spacial score (nSPS) is 14.7. The lowest BCUT2D eigenvalue weighted by Crippen LogP contribution is -2.33. The smallest absolute Gasteiger partial charge is 0.0547 e. The van der Waals surface area contributed by atoms with Gasteiger partial charge in [0.25, 0.3) is 0 Å². The summed E-state index contributed by atoms with van der Waals surface area (Å²) in [6.45, 7) is 9.67. The molecular weight excluding hydrogens is 663 g/mol. The van der Waals surface area contributed by atoms with Gasteiger partial charge in [0.2, 0.25) is 0 Å². The summed E-state index contributed by atoms with van der Waals surface area (Å²) in [7, 11) is 0. The van der Waals surface area contributed by atoms with E-state index in [1.807, 2.05) is 0 Å². The van der Waals surface area contributed by atoms with E-state index < -0.39 is 0 Å². The molecule has 0 fully saturated rings. The molecule has 0 N–H and O–H groups in total. The van der Waals surface area contributed by atoms with E-state index in [2.05, 4.69) is 209 Å². The maximum absolute atomic E-state index is 2.53. The van der Waals surface area contributed by atoms with Gasteiger partial charge in [-0.1, -0.05) is 179 Å². The third kappa shape index (κ3) is 5.44. The molecule has 0 radical (unpaired) electrons. The molecule has 1 aliphatic carbocycles. The lowest BCUT2D eigenvalue weighted by atomic mass is 9.63. The predicted octanol–water partition coefficient (Wildman–Crippen LogP) is 15.5. The quantitative estimate of drug-likeness (QED) is 0.161. The van der Waals surface area contributed by atoms with Crippen molar-refractivity contribution >= 4 is 60.2 Å². The van der Waals surface area contributed by atoms with E-state index >= 15 is 0 Å². The molecule has 0 amide bonds. The van der Waals surface area contributed by atoms with Crippen LogP contribution < -0.4 is 4.90 Å². The Kier molecular flexibility index (Phi) is 7.72. The van der Waals surface area contributed by atoms with Crippen molar-refractivity contribution < 1.29 is 0 Å². The molecular formula is C54H45N. The van der Waals surface area contributed by atoms with Crippen molar-refractivity contribution in [2.24, 2.45) is 0 Å². The van der Waals surface area contributed by atoms with Crippen LogP contribution in [0.3, 0.4) is 0 Å². The summed E-state index contributed by atoms with van der Waals surface area (Å²) in [5.41, 5.74) is 11.6. The number of anilines is 3. The number of nitrogens with zero attached hydrogens (tertiary/aromatic N) is 1. The molecule has 9 aromatic rings. The zero-order chi connectivity index (χ0) is 37.3. The molecule has 1 aliphatic rings. The Labute approximate surface area is 324 Å². The third-order valence-electron chi connectivity index (χ3n) is 12.5. The highest BCUT2D eigenvalue weighted by Gasteiger charge is 2.37. The van der Waals surface area contributed by atoms with Gasteiger partial charge in [0.05, 0.1) is 17.1 Å². The molecule has 0 aromatic heterocycles. The number of para-hydroxylation sites is 2. The van der Waals surface area contributed by atoms with Gasteiger partial charge in [-0.15, -0.1) is 0 Å². The van der Waals surface area contributed by atoms with Gasteiger partial charge in [-0.25, -0.2) is 0 Å². The van der Waals surface area contributed by atoms with Crippen LogP contribution in [0.1, 0.15) is 51.7 Å². The first-order valence-corrected chi connectivity index (χ1v) is 19.7. The topological polar surface area (TPSA) is 3.24 Å². The first-order valence-electron chi connectivity index (χ1n) is 19.7. The van der Waals surface area contributed by atoms with Gasteiger partial charge in [-0.2, -0.15) is 0 Å². The molecule has 55 heavy (non-hydrogen) atoms. The number of fused-ring (bicyclic) bond motifs is 8. The van der Waals surface area contributed by atoms with Gasteiger partial charge in [0.15, 0.2) is 0 Å². The fourth-order valence-corrected chi connectivity index (χ4v) is 9.43. The number of hydrogen-bond acceptors (Lipinski definition) is 1. The highest BCUT2D eigenvalue weighted by atomic mass is 15.1. The minimum atomic E-state index is 0.145. The van der Waals surface area contributed by atoms with Crippen molar-refractivity contribution in [2.45, 2.75) is 51.4 Å². The summed E-state index contributed by atoms with van der Waals surface area (Å²) in [5, 5.41) is 10.2. The number of hydrogen-bond donors (Lipinski definition) is 0. The first-order chi connectivity index (χ1) is 26.8. The average Bonchev–Trinajstić information content (AvgIpc) is 3.23. The Morgan fingerprint density at radius 2 is 0.818 bits per heavy atom. The predicted molar refractivity (Wildman–Crippen MR) is 237 cm³/mol. The highest BCUT2D eigenvalue weighted by Crippen LogP contribution is 2.51. The summed E-state index contributed by atoms with van der Waals surface area (Å²) in [6.07, 6.45) is 2.41. The van der Waals surface area contributed by atoms with Crippen molar-refractivity contribution in [1.82, 2.24) is 0 Å². The van der Waals surface area contributed by atoms with Crippen molar-refractivity contribution in [3.63, 3.8) is 0 Å². The van der Waals surface area contributed by atoms with E-state index in [0.29, 0.717) is 0 Å². The SMILES string of the molecule is CC1(C)CCC(C)(C)c2cc3cc(-c4ccccc4N(c4ccccc4-c4ccccc4)c4cccc5c6ccccc6c6ccccc6c45)ccc3cc21. The van der Waals surface area contributed by atoms with E-state index in [1.165, 1.54) is 89.3 Å². The first kappa shape index (κ1) is 33.4. The maximum atomic E-state index is 2.53. The fraction of sp³-hybridized carbons (Fsp3) is 0.148. The zero-order valence-corrected chi connectivity index (χ0v) is 32.1. The van der Waals surface area contributed by atoms with Crippen LogP contribution in [0.15, 0.2) is 176 Å². The molecule has 10 rings (SSSR count). The summed E-state index contributed by atoms with van der Waals surface area (Å²) < 4.78 is 0. The largest absolute Gasteiger partial charge is 0.309 e. The third-order valence-corrected chi connectivity index (χ3v) is 12.5. The standard InChI is InChI=1S/C54H45N/c1-53(2)31-32-54(3,4)48-35-39-33-38(30-29-37(39)34-47(48)53)41-20-13-15-27-50(41)55(49-26-14-12-19-40(49)36-17-6-5-7-18-36)51-28-16-25-46-44-22-9-8-21-42(44)43-23-10-11-24-45(43)52(46)51/h5-30,33-35H,31-32H2,1-4H3. The molecule has 1 nitrogen and oxygen atoms in total. The van der Waals surface area contributed by atoms with E-state index in [4.69, 9.17) is 0 Å². The maximum Gasteiger partial charge on any atom is 0.0547 e. The zero-order valence-electron chi connectivity index (χ0n) is 32.1. The van der Waals surface area contributed by atoms with Crippen molar-refractivity contribution in [2.75, 3.05) is 4.90 Å². The van der Waals surface area contributed by atoms with Gasteiger partial charge in [-0.05, 0) is 108 Å². The van der Waals surface area contributed by atoms with Crippen molar-refractivity contribution in [3.8, 4) is 22.3 Å². The van der Waals surface area contributed by atoms with Crippen LogP contribution >= 0.6 is 0 Å². The van der Waals surface area contributed by atoms with Gasteiger partial charge in [0.1, 0.15) is 0 Å². The van der Waals surface area contributed by atoms with E-state index in [1.54, 1.807) is 0 Å². The van der Waals surface area contributed by atoms with Crippen LogP contribution in [0.5, 0.6) is 0 Å². The van der Waals surface area contributed by atoms with Crippen LogP contribution in [0.2, 0.25) is 0 Å². The molecule has 0 saturated carbocycles. The van der Waals surface area contributed by atoms with Crippen LogP contribution in [0, 0.1) is 0 Å². The lowest BCUT2D eigenvalue weighted by Gasteiger charge is -2.42. The molecule has 0 aliphatic heterocycles. The molecule has 0 bridgehead atoms. The van der Waals surface area contributed by atoms with Gasteiger partial charge >= 0.3 is 0 Å². The Morgan fingerprint density at radius 3 is 1.44 bits per heavy atom. The average molecular weight is 708 g/mol. The Morgan fingerprint density at radius 1 is 0.364 bits per heavy atom. The Hall–Kier alpha value is -6.18. The second-order valence-electron chi connectivity index (χ2n) is 16.8. The molecule has 0 heterocycles. The lowest BCUT2D eigenvalue weighted by molar-refractivity contribution is 0.332. The van der Waals surface area contributed by atoms with Gasteiger partial charge < -0.3 is 4.90 Å². The second-order valence-corrected chi connectivity index (χ2v) is 16.8. The second kappa shape index (κ2) is 12.7. The molecule has 1 heteroatoms. The Balaban J connectivity index is 1.27. The highest BCUT2D eigenvalue weighted by molar-refractivity contribution is 6.29. The van der Waals surface area contributed by atoms with Crippen molar-refractivity contribution in [3.05, 3.63) is 187 Å². The van der Waals surface area contributed by atoms with Crippen LogP contribution in [0.4, 0.5) is 17.1 Å².